The molecule has 0 aliphatic heterocycles. The van der Waals surface area contributed by atoms with Crippen molar-refractivity contribution in [2.24, 2.45) is 11.8 Å². The zero-order valence-corrected chi connectivity index (χ0v) is 12.1. The van der Waals surface area contributed by atoms with E-state index in [1.54, 1.807) is 0 Å². The lowest BCUT2D eigenvalue weighted by atomic mass is 9.79. The summed E-state index contributed by atoms with van der Waals surface area (Å²) < 4.78 is 0. The summed E-state index contributed by atoms with van der Waals surface area (Å²) in [6.45, 7) is 2.87. The highest BCUT2D eigenvalue weighted by Crippen LogP contribution is 2.29. The predicted octanol–water partition coefficient (Wildman–Crippen LogP) is 1.29. The van der Waals surface area contributed by atoms with Crippen LogP contribution in [0.2, 0.25) is 0 Å². The molecule has 6 heteroatoms. The van der Waals surface area contributed by atoms with Gasteiger partial charge in [0.25, 0.3) is 5.91 Å². The first-order valence-electron chi connectivity index (χ1n) is 7.55. The van der Waals surface area contributed by atoms with Gasteiger partial charge >= 0.3 is 0 Å². The second kappa shape index (κ2) is 7.38. The van der Waals surface area contributed by atoms with Gasteiger partial charge in [-0.15, -0.1) is 5.10 Å². The van der Waals surface area contributed by atoms with E-state index in [-0.39, 0.29) is 18.3 Å². The van der Waals surface area contributed by atoms with Crippen molar-refractivity contribution in [3.8, 4) is 0 Å². The predicted molar refractivity (Wildman–Crippen MR) is 75.2 cm³/mol. The largest absolute Gasteiger partial charge is 0.396 e. The summed E-state index contributed by atoms with van der Waals surface area (Å²) >= 11 is 0. The Morgan fingerprint density at radius 3 is 2.85 bits per heavy atom. The lowest BCUT2D eigenvalue weighted by molar-refractivity contribution is 0.0899. The fraction of sp³-hybridized carbons (Fsp3) is 0.786. The van der Waals surface area contributed by atoms with Crippen molar-refractivity contribution in [2.75, 3.05) is 13.2 Å². The van der Waals surface area contributed by atoms with E-state index in [2.05, 4.69) is 27.4 Å². The quantitative estimate of drug-likeness (QED) is 0.732. The minimum Gasteiger partial charge on any atom is -0.396 e. The Balaban J connectivity index is 1.84. The summed E-state index contributed by atoms with van der Waals surface area (Å²) in [5, 5.41) is 19.0. The maximum atomic E-state index is 12.0. The molecule has 0 aromatic carbocycles. The molecule has 0 bridgehead atoms. The van der Waals surface area contributed by atoms with Crippen LogP contribution in [0.5, 0.6) is 0 Å². The Morgan fingerprint density at radius 1 is 1.40 bits per heavy atom. The van der Waals surface area contributed by atoms with Crippen LogP contribution in [0.3, 0.4) is 0 Å². The average molecular weight is 280 g/mol. The van der Waals surface area contributed by atoms with E-state index in [0.29, 0.717) is 18.4 Å². The lowest BCUT2D eigenvalue weighted by Gasteiger charge is -2.30. The van der Waals surface area contributed by atoms with Crippen molar-refractivity contribution in [3.05, 3.63) is 11.6 Å². The molecule has 112 valence electrons. The summed E-state index contributed by atoms with van der Waals surface area (Å²) in [6, 6.07) is 0. The third-order valence-corrected chi connectivity index (χ3v) is 4.05. The van der Waals surface area contributed by atoms with Gasteiger partial charge in [-0.2, -0.15) is 0 Å². The van der Waals surface area contributed by atoms with Crippen LogP contribution in [-0.4, -0.2) is 39.3 Å². The number of nitrogens with zero attached hydrogens (tertiary/aromatic N) is 2. The zero-order chi connectivity index (χ0) is 14.4. The molecule has 0 saturated heterocycles. The molecule has 0 spiro atoms. The maximum absolute atomic E-state index is 12.0. The number of aliphatic hydroxyl groups is 1. The summed E-state index contributed by atoms with van der Waals surface area (Å²) in [4.78, 5) is 16.2. The molecule has 1 amide bonds. The molecule has 1 aliphatic carbocycles. The number of carbonyl (C=O) groups is 1. The fourth-order valence-electron chi connectivity index (χ4n) is 2.84. The SMILES string of the molecule is CCCc1nc(C(=O)NCC2CCCCC2CO)n[nH]1. The van der Waals surface area contributed by atoms with E-state index in [1.807, 2.05) is 0 Å². The normalized spacial score (nSPS) is 22.7. The molecule has 0 radical (unpaired) electrons. The van der Waals surface area contributed by atoms with Crippen molar-refractivity contribution in [3.63, 3.8) is 0 Å². The van der Waals surface area contributed by atoms with E-state index in [0.717, 1.165) is 31.5 Å². The number of aliphatic hydroxyl groups excluding tert-OH is 1. The number of hydrogen-bond donors (Lipinski definition) is 3. The van der Waals surface area contributed by atoms with Crippen molar-refractivity contribution in [2.45, 2.75) is 45.4 Å². The molecule has 2 unspecified atom stereocenters. The Morgan fingerprint density at radius 2 is 2.15 bits per heavy atom. The van der Waals surface area contributed by atoms with E-state index in [9.17, 15) is 9.90 Å². The Bertz CT molecular complexity index is 433. The first-order valence-corrected chi connectivity index (χ1v) is 7.55. The summed E-state index contributed by atoms with van der Waals surface area (Å²) in [6.07, 6.45) is 6.25. The van der Waals surface area contributed by atoms with Gasteiger partial charge in [0, 0.05) is 19.6 Å². The van der Waals surface area contributed by atoms with Crippen LogP contribution in [-0.2, 0) is 6.42 Å². The molecule has 1 aromatic heterocycles. The molecular formula is C14H24N4O2. The third kappa shape index (κ3) is 3.79. The molecule has 6 nitrogen and oxygen atoms in total. The van der Waals surface area contributed by atoms with Gasteiger partial charge in [-0.25, -0.2) is 4.98 Å². The Hall–Kier alpha value is -1.43. The minimum absolute atomic E-state index is 0.210. The molecule has 1 heterocycles. The van der Waals surface area contributed by atoms with Gasteiger partial charge in [0.05, 0.1) is 0 Å². The second-order valence-electron chi connectivity index (χ2n) is 5.55. The molecular weight excluding hydrogens is 256 g/mol. The first kappa shape index (κ1) is 15.0. The summed E-state index contributed by atoms with van der Waals surface area (Å²) in [7, 11) is 0. The van der Waals surface area contributed by atoms with Crippen LogP contribution < -0.4 is 5.32 Å². The van der Waals surface area contributed by atoms with Gasteiger partial charge in [-0.1, -0.05) is 19.8 Å². The van der Waals surface area contributed by atoms with E-state index in [1.165, 1.54) is 12.8 Å². The maximum Gasteiger partial charge on any atom is 0.290 e. The van der Waals surface area contributed by atoms with Gasteiger partial charge in [-0.05, 0) is 31.1 Å². The molecule has 1 aromatic rings. The topological polar surface area (TPSA) is 90.9 Å². The number of H-pyrrole nitrogens is 1. The standard InChI is InChI=1S/C14H24N4O2/c1-2-5-12-16-13(18-17-12)14(20)15-8-10-6-3-4-7-11(10)9-19/h10-11,19H,2-9H2,1H3,(H,15,20)(H,16,17,18). The highest BCUT2D eigenvalue weighted by molar-refractivity contribution is 5.90. The van der Waals surface area contributed by atoms with Gasteiger partial charge in [0.2, 0.25) is 5.82 Å². The van der Waals surface area contributed by atoms with Crippen molar-refractivity contribution >= 4 is 5.91 Å². The summed E-state index contributed by atoms with van der Waals surface area (Å²) in [5.74, 6) is 1.41. The number of hydrogen-bond acceptors (Lipinski definition) is 4. The van der Waals surface area contributed by atoms with Crippen molar-refractivity contribution in [1.82, 2.24) is 20.5 Å². The van der Waals surface area contributed by atoms with Gasteiger partial charge in [0.15, 0.2) is 0 Å². The van der Waals surface area contributed by atoms with Crippen LogP contribution >= 0.6 is 0 Å². The Labute approximate surface area is 119 Å². The van der Waals surface area contributed by atoms with Crippen LogP contribution in [0, 0.1) is 11.8 Å². The number of aryl methyl sites for hydroxylation is 1. The lowest BCUT2D eigenvalue weighted by Crippen LogP contribution is -2.35. The fourth-order valence-corrected chi connectivity index (χ4v) is 2.84. The van der Waals surface area contributed by atoms with E-state index in [4.69, 9.17) is 0 Å². The van der Waals surface area contributed by atoms with Crippen molar-refractivity contribution in [1.29, 1.82) is 0 Å². The van der Waals surface area contributed by atoms with Crippen molar-refractivity contribution < 1.29 is 9.90 Å². The number of rotatable bonds is 6. The minimum atomic E-state index is -0.231. The highest BCUT2D eigenvalue weighted by atomic mass is 16.3. The molecule has 1 fully saturated rings. The first-order chi connectivity index (χ1) is 9.74. The van der Waals surface area contributed by atoms with E-state index >= 15 is 0 Å². The number of amides is 1. The van der Waals surface area contributed by atoms with Gasteiger partial charge in [-0.3, -0.25) is 9.89 Å². The molecule has 1 saturated carbocycles. The molecule has 20 heavy (non-hydrogen) atoms. The molecule has 1 aliphatic rings. The third-order valence-electron chi connectivity index (χ3n) is 4.05. The zero-order valence-electron chi connectivity index (χ0n) is 12.1. The molecule has 2 rings (SSSR count). The monoisotopic (exact) mass is 280 g/mol. The Kier molecular flexibility index (Phi) is 5.52. The second-order valence-corrected chi connectivity index (χ2v) is 5.55. The number of aromatic nitrogens is 3. The molecule has 2 atom stereocenters. The number of aromatic amines is 1. The number of carbonyl (C=O) groups excluding carboxylic acids is 1. The van der Waals surface area contributed by atoms with Crippen LogP contribution in [0.25, 0.3) is 0 Å². The van der Waals surface area contributed by atoms with E-state index < -0.39 is 0 Å². The molecule has 3 N–H and O–H groups in total. The van der Waals surface area contributed by atoms with Crippen LogP contribution in [0.4, 0.5) is 0 Å². The number of nitrogens with one attached hydrogen (secondary N) is 2. The van der Waals surface area contributed by atoms with Gasteiger partial charge < -0.3 is 10.4 Å². The smallest absolute Gasteiger partial charge is 0.290 e. The average Bonchev–Trinajstić information content (AvgIpc) is 2.94. The van der Waals surface area contributed by atoms with Crippen LogP contribution in [0.15, 0.2) is 0 Å². The summed E-state index contributed by atoms with van der Waals surface area (Å²) in [5.41, 5.74) is 0. The van der Waals surface area contributed by atoms with Gasteiger partial charge in [0.1, 0.15) is 5.82 Å². The van der Waals surface area contributed by atoms with Crippen LogP contribution in [0.1, 0.15) is 55.5 Å². The highest BCUT2D eigenvalue weighted by Gasteiger charge is 2.25.